The molecule has 2 aromatic rings. The highest BCUT2D eigenvalue weighted by atomic mass is 32.1. The average Bonchev–Trinajstić information content (AvgIpc) is 3.22. The van der Waals surface area contributed by atoms with Gasteiger partial charge in [-0.1, -0.05) is 30.3 Å². The van der Waals surface area contributed by atoms with Gasteiger partial charge in [-0.25, -0.2) is 0 Å². The highest BCUT2D eigenvalue weighted by Crippen LogP contribution is 2.26. The number of nitrogens with two attached hydrogens (primary N) is 1. The number of likely N-dealkylation sites (tertiary alicyclic amines) is 1. The largest absolute Gasteiger partial charge is 0.366 e. The number of hydrogen-bond donors (Lipinski definition) is 1. The molecule has 3 rings (SSSR count). The Labute approximate surface area is 139 Å². The molecule has 0 radical (unpaired) electrons. The Hall–Kier alpha value is -2.14. The number of rotatable bonds is 5. The summed E-state index contributed by atoms with van der Waals surface area (Å²) in [5.74, 6) is -0.458. The third-order valence-electron chi connectivity index (χ3n) is 4.34. The standard InChI is InChI=1S/C18H20N2O2S/c19-17(21)14-11-16(23-12-14)18(22)20-10-4-7-15(20)9-8-13-5-2-1-3-6-13/h1-3,5-6,11-12,15H,4,7-10H2,(H2,19,21). The second-order valence-electron chi connectivity index (χ2n) is 5.88. The molecule has 2 heterocycles. The van der Waals surface area contributed by atoms with Gasteiger partial charge in [0.15, 0.2) is 0 Å². The lowest BCUT2D eigenvalue weighted by Crippen LogP contribution is -2.35. The highest BCUT2D eigenvalue weighted by molar-refractivity contribution is 7.12. The van der Waals surface area contributed by atoms with E-state index in [0.29, 0.717) is 10.4 Å². The molecule has 23 heavy (non-hydrogen) atoms. The van der Waals surface area contributed by atoms with Gasteiger partial charge in [-0.05, 0) is 37.3 Å². The maximum absolute atomic E-state index is 12.7. The third-order valence-corrected chi connectivity index (χ3v) is 5.26. The van der Waals surface area contributed by atoms with Crippen molar-refractivity contribution in [1.29, 1.82) is 0 Å². The summed E-state index contributed by atoms with van der Waals surface area (Å²) in [6.45, 7) is 0.794. The normalized spacial score (nSPS) is 17.4. The van der Waals surface area contributed by atoms with Crippen LogP contribution in [-0.4, -0.2) is 29.3 Å². The van der Waals surface area contributed by atoms with Gasteiger partial charge >= 0.3 is 0 Å². The van der Waals surface area contributed by atoms with E-state index in [0.717, 1.165) is 32.2 Å². The Morgan fingerprint density at radius 3 is 2.74 bits per heavy atom. The van der Waals surface area contributed by atoms with Gasteiger partial charge in [0.25, 0.3) is 5.91 Å². The fourth-order valence-corrected chi connectivity index (χ4v) is 3.95. The fourth-order valence-electron chi connectivity index (χ4n) is 3.10. The van der Waals surface area contributed by atoms with Crippen molar-refractivity contribution in [2.75, 3.05) is 6.54 Å². The van der Waals surface area contributed by atoms with Gasteiger partial charge in [0.1, 0.15) is 0 Å². The predicted molar refractivity (Wildman–Crippen MR) is 91.7 cm³/mol. The fraction of sp³-hybridized carbons (Fsp3) is 0.333. The van der Waals surface area contributed by atoms with Gasteiger partial charge in [-0.3, -0.25) is 9.59 Å². The molecule has 2 amide bonds. The molecular formula is C18H20N2O2S. The molecule has 1 unspecified atom stereocenters. The average molecular weight is 328 g/mol. The first-order valence-corrected chi connectivity index (χ1v) is 8.76. The summed E-state index contributed by atoms with van der Waals surface area (Å²) in [6.07, 6.45) is 4.04. The molecule has 0 aliphatic carbocycles. The van der Waals surface area contributed by atoms with Crippen molar-refractivity contribution in [3.8, 4) is 0 Å². The Balaban J connectivity index is 1.65. The monoisotopic (exact) mass is 328 g/mol. The van der Waals surface area contributed by atoms with Gasteiger partial charge in [0.05, 0.1) is 10.4 Å². The zero-order valence-corrected chi connectivity index (χ0v) is 13.7. The maximum Gasteiger partial charge on any atom is 0.264 e. The lowest BCUT2D eigenvalue weighted by atomic mass is 10.0. The highest BCUT2D eigenvalue weighted by Gasteiger charge is 2.30. The molecule has 5 heteroatoms. The quantitative estimate of drug-likeness (QED) is 0.917. The molecule has 1 aromatic carbocycles. The van der Waals surface area contributed by atoms with Crippen LogP contribution in [0.25, 0.3) is 0 Å². The molecule has 1 aliphatic heterocycles. The van der Waals surface area contributed by atoms with E-state index in [-0.39, 0.29) is 11.9 Å². The number of amides is 2. The van der Waals surface area contributed by atoms with Crippen LogP contribution in [0.3, 0.4) is 0 Å². The smallest absolute Gasteiger partial charge is 0.264 e. The van der Waals surface area contributed by atoms with Crippen LogP contribution in [-0.2, 0) is 6.42 Å². The van der Waals surface area contributed by atoms with Gasteiger partial charge in [-0.2, -0.15) is 0 Å². The molecule has 1 fully saturated rings. The predicted octanol–water partition coefficient (Wildman–Crippen LogP) is 3.08. The van der Waals surface area contributed by atoms with E-state index in [9.17, 15) is 9.59 Å². The zero-order valence-electron chi connectivity index (χ0n) is 12.9. The molecule has 1 aromatic heterocycles. The number of primary amides is 1. The Morgan fingerprint density at radius 2 is 2.04 bits per heavy atom. The number of thiophene rings is 1. The number of carbonyl (C=O) groups excluding carboxylic acids is 2. The van der Waals surface area contributed by atoms with E-state index in [2.05, 4.69) is 12.1 Å². The van der Waals surface area contributed by atoms with Gasteiger partial charge in [0, 0.05) is 18.0 Å². The van der Waals surface area contributed by atoms with Crippen LogP contribution < -0.4 is 5.73 Å². The van der Waals surface area contributed by atoms with Crippen LogP contribution >= 0.6 is 11.3 Å². The maximum atomic E-state index is 12.7. The third kappa shape index (κ3) is 3.62. The van der Waals surface area contributed by atoms with Crippen molar-refractivity contribution < 1.29 is 9.59 Å². The lowest BCUT2D eigenvalue weighted by Gasteiger charge is -2.24. The number of aryl methyl sites for hydroxylation is 1. The molecule has 120 valence electrons. The van der Waals surface area contributed by atoms with E-state index >= 15 is 0 Å². The van der Waals surface area contributed by atoms with Crippen molar-refractivity contribution in [2.24, 2.45) is 5.73 Å². The van der Waals surface area contributed by atoms with Crippen LogP contribution in [0.4, 0.5) is 0 Å². The van der Waals surface area contributed by atoms with Crippen molar-refractivity contribution in [3.05, 3.63) is 57.8 Å². The Kier molecular flexibility index (Phi) is 4.76. The van der Waals surface area contributed by atoms with E-state index in [1.807, 2.05) is 23.1 Å². The molecule has 1 atom stereocenters. The zero-order chi connectivity index (χ0) is 16.2. The first-order valence-electron chi connectivity index (χ1n) is 7.88. The molecule has 0 bridgehead atoms. The lowest BCUT2D eigenvalue weighted by molar-refractivity contribution is 0.0735. The summed E-state index contributed by atoms with van der Waals surface area (Å²) in [7, 11) is 0. The van der Waals surface area contributed by atoms with Crippen molar-refractivity contribution in [3.63, 3.8) is 0 Å². The molecule has 4 nitrogen and oxygen atoms in total. The first-order chi connectivity index (χ1) is 11.1. The Morgan fingerprint density at radius 1 is 1.26 bits per heavy atom. The Bertz CT molecular complexity index is 696. The van der Waals surface area contributed by atoms with E-state index < -0.39 is 5.91 Å². The van der Waals surface area contributed by atoms with Crippen LogP contribution in [0.2, 0.25) is 0 Å². The van der Waals surface area contributed by atoms with E-state index in [1.54, 1.807) is 11.4 Å². The van der Waals surface area contributed by atoms with Gasteiger partial charge in [0.2, 0.25) is 5.91 Å². The van der Waals surface area contributed by atoms with Crippen LogP contribution in [0.15, 0.2) is 41.8 Å². The minimum atomic E-state index is -0.484. The van der Waals surface area contributed by atoms with Gasteiger partial charge < -0.3 is 10.6 Å². The van der Waals surface area contributed by atoms with E-state index in [1.165, 1.54) is 16.9 Å². The summed E-state index contributed by atoms with van der Waals surface area (Å²) in [5, 5.41) is 1.66. The summed E-state index contributed by atoms with van der Waals surface area (Å²) in [5.41, 5.74) is 6.98. The minimum absolute atomic E-state index is 0.0260. The number of carbonyl (C=O) groups is 2. The van der Waals surface area contributed by atoms with Crippen molar-refractivity contribution >= 4 is 23.2 Å². The molecule has 1 aliphatic rings. The second kappa shape index (κ2) is 6.96. The number of nitrogens with zero attached hydrogens (tertiary/aromatic N) is 1. The summed E-state index contributed by atoms with van der Waals surface area (Å²) < 4.78 is 0. The molecule has 0 saturated carbocycles. The van der Waals surface area contributed by atoms with Crippen LogP contribution in [0.5, 0.6) is 0 Å². The number of benzene rings is 1. The SMILES string of the molecule is NC(=O)c1csc(C(=O)N2CCCC2CCc2ccccc2)c1. The van der Waals surface area contributed by atoms with Crippen molar-refractivity contribution in [1.82, 2.24) is 4.90 Å². The summed E-state index contributed by atoms with van der Waals surface area (Å²) >= 11 is 1.30. The molecule has 0 spiro atoms. The summed E-state index contributed by atoms with van der Waals surface area (Å²) in [6, 6.07) is 12.2. The molecule has 1 saturated heterocycles. The topological polar surface area (TPSA) is 63.4 Å². The van der Waals surface area contributed by atoms with Crippen LogP contribution in [0.1, 0.15) is 44.9 Å². The van der Waals surface area contributed by atoms with Crippen molar-refractivity contribution in [2.45, 2.75) is 31.7 Å². The van der Waals surface area contributed by atoms with Gasteiger partial charge in [-0.15, -0.1) is 11.3 Å². The van der Waals surface area contributed by atoms with E-state index in [4.69, 9.17) is 5.73 Å². The number of hydrogen-bond acceptors (Lipinski definition) is 3. The molecular weight excluding hydrogens is 308 g/mol. The molecule has 2 N–H and O–H groups in total. The second-order valence-corrected chi connectivity index (χ2v) is 6.79. The minimum Gasteiger partial charge on any atom is -0.366 e. The summed E-state index contributed by atoms with van der Waals surface area (Å²) in [4.78, 5) is 26.4. The van der Waals surface area contributed by atoms with Crippen LogP contribution in [0, 0.1) is 0 Å². The first kappa shape index (κ1) is 15.7.